The standard InChI is InChI=1S/C30H24ClN3O3/c31-23-17-15-21(16-18-23)26-28(34(36)37)27(22-11-5-2-6-12-22)32-30(26)24-13-7-8-14-25(24)33(29(30)35)19-20-9-3-1-4-10-20/h1-18,26-28,32H,19H2/t26-,27+,28+,30?/m1/s1. The fourth-order valence-corrected chi connectivity index (χ4v) is 6.14. The minimum absolute atomic E-state index is 0.192. The number of nitrogens with one attached hydrogen (secondary N) is 1. The topological polar surface area (TPSA) is 75.5 Å². The molecule has 7 heteroatoms. The summed E-state index contributed by atoms with van der Waals surface area (Å²) in [6, 6.07) is 32.0. The van der Waals surface area contributed by atoms with Crippen LogP contribution in [0.1, 0.15) is 34.2 Å². The predicted molar refractivity (Wildman–Crippen MR) is 143 cm³/mol. The maximum atomic E-state index is 14.6. The molecule has 2 aliphatic rings. The molecule has 0 saturated carbocycles. The average molecular weight is 510 g/mol. The van der Waals surface area contributed by atoms with Crippen molar-refractivity contribution < 1.29 is 9.72 Å². The highest BCUT2D eigenvalue weighted by atomic mass is 35.5. The number of amides is 1. The van der Waals surface area contributed by atoms with E-state index < -0.39 is 23.5 Å². The highest BCUT2D eigenvalue weighted by Gasteiger charge is 2.68. The third-order valence-electron chi connectivity index (χ3n) is 7.55. The van der Waals surface area contributed by atoms with Gasteiger partial charge in [-0.05, 0) is 34.9 Å². The molecule has 1 amide bonds. The third kappa shape index (κ3) is 3.72. The lowest BCUT2D eigenvalue weighted by atomic mass is 9.74. The van der Waals surface area contributed by atoms with E-state index in [1.165, 1.54) is 0 Å². The van der Waals surface area contributed by atoms with Gasteiger partial charge >= 0.3 is 0 Å². The molecule has 0 bridgehead atoms. The highest BCUT2D eigenvalue weighted by molar-refractivity contribution is 6.30. The molecule has 0 aromatic heterocycles. The number of rotatable bonds is 5. The lowest BCUT2D eigenvalue weighted by Gasteiger charge is -2.31. The number of benzene rings is 4. The molecule has 1 spiro atoms. The van der Waals surface area contributed by atoms with Crippen molar-refractivity contribution in [3.05, 3.63) is 147 Å². The van der Waals surface area contributed by atoms with Gasteiger partial charge in [-0.3, -0.25) is 20.2 Å². The maximum absolute atomic E-state index is 14.6. The molecule has 2 aliphatic heterocycles. The molecule has 0 aliphatic carbocycles. The molecule has 184 valence electrons. The molecule has 1 fully saturated rings. The van der Waals surface area contributed by atoms with Crippen LogP contribution in [0.5, 0.6) is 0 Å². The first kappa shape index (κ1) is 23.4. The zero-order chi connectivity index (χ0) is 25.6. The SMILES string of the molecule is O=C1N(Cc2ccccc2)c2ccccc2C12N[C@@H](c1ccccc1)[C@@H]([N+](=O)[O-])[C@H]2c1ccc(Cl)cc1. The summed E-state index contributed by atoms with van der Waals surface area (Å²) in [7, 11) is 0. The lowest BCUT2D eigenvalue weighted by Crippen LogP contribution is -2.50. The molecule has 4 aromatic carbocycles. The quantitative estimate of drug-likeness (QED) is 0.270. The van der Waals surface area contributed by atoms with Gasteiger partial charge in [0.05, 0.1) is 12.5 Å². The van der Waals surface area contributed by atoms with Crippen molar-refractivity contribution in [1.29, 1.82) is 0 Å². The van der Waals surface area contributed by atoms with E-state index in [0.717, 1.165) is 22.4 Å². The van der Waals surface area contributed by atoms with Crippen molar-refractivity contribution >= 4 is 23.2 Å². The van der Waals surface area contributed by atoms with E-state index in [0.29, 0.717) is 17.1 Å². The molecule has 4 aromatic rings. The Morgan fingerprint density at radius 2 is 1.46 bits per heavy atom. The molecule has 0 radical (unpaired) electrons. The summed E-state index contributed by atoms with van der Waals surface area (Å²) in [6.45, 7) is 0.368. The minimum atomic E-state index is -1.32. The molecule has 1 N–H and O–H groups in total. The molecule has 6 nitrogen and oxygen atoms in total. The summed E-state index contributed by atoms with van der Waals surface area (Å²) in [6.07, 6.45) is 0. The Kier molecular flexibility index (Phi) is 5.78. The van der Waals surface area contributed by atoms with Crippen LogP contribution in [0.15, 0.2) is 109 Å². The zero-order valence-electron chi connectivity index (χ0n) is 19.8. The van der Waals surface area contributed by atoms with Crippen LogP contribution in [0.25, 0.3) is 0 Å². The molecule has 1 saturated heterocycles. The number of nitro groups is 1. The first-order valence-electron chi connectivity index (χ1n) is 12.2. The second kappa shape index (κ2) is 9.14. The number of carbonyl (C=O) groups is 1. The zero-order valence-corrected chi connectivity index (χ0v) is 20.6. The largest absolute Gasteiger partial charge is 0.306 e. The van der Waals surface area contributed by atoms with Crippen LogP contribution in [-0.4, -0.2) is 16.9 Å². The summed E-state index contributed by atoms with van der Waals surface area (Å²) < 4.78 is 0. The summed E-state index contributed by atoms with van der Waals surface area (Å²) >= 11 is 6.19. The fourth-order valence-electron chi connectivity index (χ4n) is 6.01. The van der Waals surface area contributed by atoms with Gasteiger partial charge in [-0.2, -0.15) is 0 Å². The van der Waals surface area contributed by atoms with Gasteiger partial charge in [0.15, 0.2) is 0 Å². The molecule has 6 rings (SSSR count). The number of nitrogens with zero attached hydrogens (tertiary/aromatic N) is 2. The van der Waals surface area contributed by atoms with Crippen molar-refractivity contribution in [3.8, 4) is 0 Å². The smallest absolute Gasteiger partial charge is 0.253 e. The van der Waals surface area contributed by atoms with E-state index in [1.807, 2.05) is 84.9 Å². The molecule has 37 heavy (non-hydrogen) atoms. The Morgan fingerprint density at radius 3 is 2.14 bits per heavy atom. The Bertz CT molecular complexity index is 1460. The van der Waals surface area contributed by atoms with Crippen molar-refractivity contribution in [3.63, 3.8) is 0 Å². The minimum Gasteiger partial charge on any atom is -0.306 e. The Labute approximate surface area is 219 Å². The second-order valence-electron chi connectivity index (χ2n) is 9.54. The number of hydrogen-bond acceptors (Lipinski definition) is 4. The van der Waals surface area contributed by atoms with Crippen LogP contribution in [-0.2, 0) is 16.9 Å². The fraction of sp³-hybridized carbons (Fsp3) is 0.167. The summed E-state index contributed by atoms with van der Waals surface area (Å²) in [5.74, 6) is -0.956. The van der Waals surface area contributed by atoms with Gasteiger partial charge < -0.3 is 4.90 Å². The van der Waals surface area contributed by atoms with Gasteiger partial charge in [0.2, 0.25) is 6.04 Å². The highest BCUT2D eigenvalue weighted by Crippen LogP contribution is 2.57. The predicted octanol–water partition coefficient (Wildman–Crippen LogP) is 5.86. The summed E-state index contributed by atoms with van der Waals surface area (Å²) in [5.41, 5.74) is 2.64. The number of anilines is 1. The molecular formula is C30H24ClN3O3. The van der Waals surface area contributed by atoms with Crippen LogP contribution in [0.3, 0.4) is 0 Å². The Hall–Kier alpha value is -4.00. The van der Waals surface area contributed by atoms with Gasteiger partial charge in [0, 0.05) is 21.2 Å². The first-order chi connectivity index (χ1) is 18.0. The number of hydrogen-bond donors (Lipinski definition) is 1. The number of carbonyl (C=O) groups excluding carboxylic acids is 1. The van der Waals surface area contributed by atoms with Crippen LogP contribution in [0.2, 0.25) is 5.02 Å². The number of halogens is 1. The van der Waals surface area contributed by atoms with Crippen molar-refractivity contribution in [2.45, 2.75) is 30.1 Å². The lowest BCUT2D eigenvalue weighted by molar-refractivity contribution is -0.527. The van der Waals surface area contributed by atoms with Crippen LogP contribution >= 0.6 is 11.6 Å². The third-order valence-corrected chi connectivity index (χ3v) is 7.80. The van der Waals surface area contributed by atoms with Gasteiger partial charge in [-0.25, -0.2) is 0 Å². The number of fused-ring (bicyclic) bond motifs is 2. The summed E-state index contributed by atoms with van der Waals surface area (Å²) in [4.78, 5) is 28.9. The van der Waals surface area contributed by atoms with Crippen molar-refractivity contribution in [2.75, 3.05) is 4.90 Å². The molecular weight excluding hydrogens is 486 g/mol. The van der Waals surface area contributed by atoms with E-state index in [-0.39, 0.29) is 10.8 Å². The van der Waals surface area contributed by atoms with E-state index in [9.17, 15) is 14.9 Å². The van der Waals surface area contributed by atoms with Crippen LogP contribution in [0, 0.1) is 10.1 Å². The Morgan fingerprint density at radius 1 is 0.838 bits per heavy atom. The number of para-hydroxylation sites is 1. The van der Waals surface area contributed by atoms with Gasteiger partial charge in [-0.15, -0.1) is 0 Å². The second-order valence-corrected chi connectivity index (χ2v) is 9.98. The van der Waals surface area contributed by atoms with Gasteiger partial charge in [0.25, 0.3) is 5.91 Å². The van der Waals surface area contributed by atoms with Gasteiger partial charge in [0.1, 0.15) is 11.6 Å². The van der Waals surface area contributed by atoms with Crippen molar-refractivity contribution in [1.82, 2.24) is 5.32 Å². The Balaban J connectivity index is 1.57. The molecule has 2 heterocycles. The van der Waals surface area contributed by atoms with E-state index in [1.54, 1.807) is 29.2 Å². The van der Waals surface area contributed by atoms with Crippen LogP contribution in [0.4, 0.5) is 5.69 Å². The monoisotopic (exact) mass is 509 g/mol. The van der Waals surface area contributed by atoms with Gasteiger partial charge in [-0.1, -0.05) is 103 Å². The van der Waals surface area contributed by atoms with Crippen molar-refractivity contribution in [2.24, 2.45) is 0 Å². The molecule has 1 unspecified atom stereocenters. The van der Waals surface area contributed by atoms with E-state index >= 15 is 0 Å². The van der Waals surface area contributed by atoms with Crippen LogP contribution < -0.4 is 10.2 Å². The molecule has 4 atom stereocenters. The average Bonchev–Trinajstić information content (AvgIpc) is 3.40. The normalized spacial score (nSPS) is 24.4. The first-order valence-corrected chi connectivity index (χ1v) is 12.6. The van der Waals surface area contributed by atoms with E-state index in [4.69, 9.17) is 11.6 Å². The summed E-state index contributed by atoms with van der Waals surface area (Å²) in [5, 5.41) is 16.8. The maximum Gasteiger partial charge on any atom is 0.253 e. The van der Waals surface area contributed by atoms with E-state index in [2.05, 4.69) is 5.32 Å².